The maximum Gasteiger partial charge on any atom is 0.329 e. The first-order chi connectivity index (χ1) is 16.9. The molecule has 1 N–H and O–H groups in total. The van der Waals surface area contributed by atoms with Crippen molar-refractivity contribution in [1.29, 1.82) is 0 Å². The second-order valence-corrected chi connectivity index (χ2v) is 8.77. The highest BCUT2D eigenvalue weighted by molar-refractivity contribution is 5.98. The van der Waals surface area contributed by atoms with Crippen molar-refractivity contribution in [3.63, 3.8) is 0 Å². The van der Waals surface area contributed by atoms with E-state index < -0.39 is 30.0 Å². The Labute approximate surface area is 205 Å². The summed E-state index contributed by atoms with van der Waals surface area (Å²) in [5.41, 5.74) is 2.55. The van der Waals surface area contributed by atoms with Crippen molar-refractivity contribution in [3.8, 4) is 0 Å². The minimum Gasteiger partial charge on any atom is -0.480 e. The van der Waals surface area contributed by atoms with Gasteiger partial charge in [-0.2, -0.15) is 0 Å². The molecule has 0 bridgehead atoms. The summed E-state index contributed by atoms with van der Waals surface area (Å²) in [6.45, 7) is 2.13. The molecule has 3 aromatic rings. The molecule has 0 radical (unpaired) electrons. The highest BCUT2D eigenvalue weighted by Crippen LogP contribution is 2.31. The quantitative estimate of drug-likeness (QED) is 0.535. The normalized spacial score (nSPS) is 18.4. The van der Waals surface area contributed by atoms with Crippen LogP contribution in [0.25, 0.3) is 0 Å². The summed E-state index contributed by atoms with van der Waals surface area (Å²) in [7, 11) is 1.66. The van der Waals surface area contributed by atoms with E-state index in [0.29, 0.717) is 0 Å². The van der Waals surface area contributed by atoms with Crippen molar-refractivity contribution >= 4 is 17.9 Å². The average Bonchev–Trinajstić information content (AvgIpc) is 3.15. The van der Waals surface area contributed by atoms with Crippen molar-refractivity contribution in [2.75, 3.05) is 7.05 Å². The Morgan fingerprint density at radius 2 is 1.23 bits per heavy atom. The van der Waals surface area contributed by atoms with Gasteiger partial charge in [0.2, 0.25) is 5.91 Å². The molecule has 0 aromatic heterocycles. The third kappa shape index (κ3) is 5.04. The lowest BCUT2D eigenvalue weighted by Crippen LogP contribution is -2.52. The molecular weight excluding hydrogens is 442 g/mol. The lowest BCUT2D eigenvalue weighted by molar-refractivity contribution is -0.148. The molecule has 0 saturated carbocycles. The van der Waals surface area contributed by atoms with E-state index in [0.717, 1.165) is 16.7 Å². The van der Waals surface area contributed by atoms with E-state index in [1.165, 1.54) is 14.7 Å². The third-order valence-electron chi connectivity index (χ3n) is 6.57. The van der Waals surface area contributed by atoms with Crippen LogP contribution in [0.1, 0.15) is 29.7 Å². The Morgan fingerprint density at radius 3 is 1.69 bits per heavy atom. The third-order valence-corrected chi connectivity index (χ3v) is 6.57. The van der Waals surface area contributed by atoms with E-state index in [4.69, 9.17) is 0 Å². The second kappa shape index (κ2) is 10.4. The van der Waals surface area contributed by atoms with Crippen LogP contribution in [0.2, 0.25) is 0 Å². The number of likely N-dealkylation sites (N-methyl/N-ethyl adjacent to an activating group) is 1. The summed E-state index contributed by atoms with van der Waals surface area (Å²) < 4.78 is 0. The topological polar surface area (TPSA) is 81.2 Å². The van der Waals surface area contributed by atoms with Gasteiger partial charge < -0.3 is 19.8 Å². The molecule has 3 amide bonds. The van der Waals surface area contributed by atoms with Gasteiger partial charge in [0.1, 0.15) is 6.04 Å². The number of nitrogens with zero attached hydrogens (tertiary/aromatic N) is 3. The molecule has 0 spiro atoms. The van der Waals surface area contributed by atoms with Crippen LogP contribution in [0.4, 0.5) is 4.79 Å². The van der Waals surface area contributed by atoms with E-state index in [1.807, 2.05) is 97.9 Å². The van der Waals surface area contributed by atoms with E-state index in [1.54, 1.807) is 7.05 Å². The molecule has 3 atom stereocenters. The molecule has 1 heterocycles. The van der Waals surface area contributed by atoms with E-state index in [9.17, 15) is 19.5 Å². The largest absolute Gasteiger partial charge is 0.480 e. The molecule has 4 rings (SSSR count). The van der Waals surface area contributed by atoms with Crippen LogP contribution in [0.3, 0.4) is 0 Å². The Hall–Kier alpha value is -4.13. The zero-order chi connectivity index (χ0) is 24.9. The molecule has 7 heteroatoms. The Kier molecular flexibility index (Phi) is 7.15. The summed E-state index contributed by atoms with van der Waals surface area (Å²) in [6.07, 6.45) is 0. The van der Waals surface area contributed by atoms with Gasteiger partial charge in [-0.25, -0.2) is 9.59 Å². The minimum atomic E-state index is -1.32. The highest BCUT2D eigenvalue weighted by atomic mass is 16.4. The fraction of sp³-hybridized carbons (Fsp3) is 0.250. The van der Waals surface area contributed by atoms with Crippen LogP contribution < -0.4 is 0 Å². The fourth-order valence-electron chi connectivity index (χ4n) is 4.53. The van der Waals surface area contributed by atoms with Crippen molar-refractivity contribution < 1.29 is 19.5 Å². The number of hydrogen-bond acceptors (Lipinski definition) is 3. The van der Waals surface area contributed by atoms with Crippen molar-refractivity contribution in [1.82, 2.24) is 14.7 Å². The number of carboxylic acids is 1. The van der Waals surface area contributed by atoms with Gasteiger partial charge in [0.15, 0.2) is 6.04 Å². The average molecular weight is 472 g/mol. The molecule has 3 aromatic carbocycles. The number of hydrogen-bond donors (Lipinski definition) is 1. The summed E-state index contributed by atoms with van der Waals surface area (Å²) in [5.74, 6) is -1.61. The first kappa shape index (κ1) is 24.0. The van der Waals surface area contributed by atoms with Crippen molar-refractivity contribution in [2.45, 2.75) is 38.1 Å². The predicted molar refractivity (Wildman–Crippen MR) is 132 cm³/mol. The maximum absolute atomic E-state index is 13.9. The van der Waals surface area contributed by atoms with Crippen LogP contribution >= 0.6 is 0 Å². The molecule has 35 heavy (non-hydrogen) atoms. The lowest BCUT2D eigenvalue weighted by Gasteiger charge is -2.32. The smallest absolute Gasteiger partial charge is 0.329 e. The molecule has 1 saturated heterocycles. The van der Waals surface area contributed by atoms with E-state index >= 15 is 0 Å². The predicted octanol–water partition coefficient (Wildman–Crippen LogP) is 4.17. The van der Waals surface area contributed by atoms with E-state index in [2.05, 4.69) is 0 Å². The van der Waals surface area contributed by atoms with Gasteiger partial charge >= 0.3 is 12.0 Å². The number of amides is 3. The number of carboxylic acid groups (broad SMARTS) is 1. The Morgan fingerprint density at radius 1 is 0.800 bits per heavy atom. The number of benzene rings is 3. The van der Waals surface area contributed by atoms with Crippen LogP contribution in [0.15, 0.2) is 91.0 Å². The molecule has 180 valence electrons. The molecule has 1 aliphatic rings. The van der Waals surface area contributed by atoms with Crippen LogP contribution in [0, 0.1) is 0 Å². The highest BCUT2D eigenvalue weighted by Gasteiger charge is 2.54. The maximum atomic E-state index is 13.9. The van der Waals surface area contributed by atoms with Gasteiger partial charge in [0.25, 0.3) is 0 Å². The molecule has 1 fully saturated rings. The number of aliphatic carboxylic acids is 1. The molecule has 7 nitrogen and oxygen atoms in total. The SMILES string of the molecule is C[C@H](c1ccccc1)N(C)C(=O)C1C(C(=O)O)N(Cc2ccccc2)C(=O)N1Cc1ccccc1. The number of rotatable bonds is 8. The molecular formula is C28H29N3O4. The molecule has 2 unspecified atom stereocenters. The van der Waals surface area contributed by atoms with Gasteiger partial charge in [-0.3, -0.25) is 4.79 Å². The first-order valence-corrected chi connectivity index (χ1v) is 11.6. The zero-order valence-electron chi connectivity index (χ0n) is 19.8. The lowest BCUT2D eigenvalue weighted by atomic mass is 10.0. The van der Waals surface area contributed by atoms with Gasteiger partial charge in [0.05, 0.1) is 6.04 Å². The number of carbonyl (C=O) groups excluding carboxylic acids is 2. The molecule has 1 aliphatic heterocycles. The van der Waals surface area contributed by atoms with Crippen LogP contribution in [-0.4, -0.2) is 56.8 Å². The zero-order valence-corrected chi connectivity index (χ0v) is 19.8. The fourth-order valence-corrected chi connectivity index (χ4v) is 4.53. The van der Waals surface area contributed by atoms with Gasteiger partial charge in [-0.15, -0.1) is 0 Å². The summed E-state index contributed by atoms with van der Waals surface area (Å²) in [4.78, 5) is 44.2. The van der Waals surface area contributed by atoms with Crippen molar-refractivity contribution in [3.05, 3.63) is 108 Å². The van der Waals surface area contributed by atoms with Crippen LogP contribution in [0.5, 0.6) is 0 Å². The number of carbonyl (C=O) groups is 3. The molecule has 0 aliphatic carbocycles. The van der Waals surface area contributed by atoms with Crippen molar-refractivity contribution in [2.24, 2.45) is 0 Å². The number of urea groups is 1. The summed E-state index contributed by atoms with van der Waals surface area (Å²) in [5, 5.41) is 10.2. The van der Waals surface area contributed by atoms with Gasteiger partial charge in [0, 0.05) is 20.1 Å². The second-order valence-electron chi connectivity index (χ2n) is 8.77. The Balaban J connectivity index is 1.71. The van der Waals surface area contributed by atoms with Crippen LogP contribution in [-0.2, 0) is 22.7 Å². The van der Waals surface area contributed by atoms with Gasteiger partial charge in [-0.1, -0.05) is 91.0 Å². The first-order valence-electron chi connectivity index (χ1n) is 11.6. The van der Waals surface area contributed by atoms with E-state index in [-0.39, 0.29) is 19.1 Å². The minimum absolute atomic E-state index is 0.101. The Bertz CT molecular complexity index is 1170. The monoisotopic (exact) mass is 471 g/mol. The van der Waals surface area contributed by atoms with Gasteiger partial charge in [-0.05, 0) is 23.6 Å². The summed E-state index contributed by atoms with van der Waals surface area (Å²) >= 11 is 0. The standard InChI is InChI=1S/C28H29N3O4/c1-20(23-16-10-5-11-17-23)29(2)26(32)24-25(27(33)34)31(19-22-14-8-4-9-15-22)28(35)30(24)18-21-12-6-3-7-13-21/h3-17,20,24-25H,18-19H2,1-2H3,(H,33,34)/t20-,24?,25?/m1/s1. The summed E-state index contributed by atoms with van der Waals surface area (Å²) in [6, 6.07) is 24.8.